The molecule has 1 aromatic heterocycles. The van der Waals surface area contributed by atoms with Crippen LogP contribution in [0.25, 0.3) is 0 Å². The van der Waals surface area contributed by atoms with Crippen molar-refractivity contribution in [1.29, 1.82) is 0 Å². The first-order valence-corrected chi connectivity index (χ1v) is 23.2. The van der Waals surface area contributed by atoms with Gasteiger partial charge < -0.3 is 25.2 Å². The Kier molecular flexibility index (Phi) is 11.9. The third-order valence-corrected chi connectivity index (χ3v) is 14.4. The minimum Gasteiger partial charge on any atom is -0.457 e. The first kappa shape index (κ1) is 41.3. The van der Waals surface area contributed by atoms with Crippen molar-refractivity contribution in [3.05, 3.63) is 101 Å². The van der Waals surface area contributed by atoms with Crippen molar-refractivity contribution < 1.29 is 24.1 Å². The molecule has 3 unspecified atom stereocenters. The SMILES string of the molecule is Nc1ncnc2c1C(c1ccc(Oc3ccccc3)cc1)=N[NH+]2C1CCCN(CC2CCN(CCCC3CCN(c4ccc5c(c4)CN(C4CCC(=O)NC4=O)C5=O)CC3)CC2)C1. The van der Waals surface area contributed by atoms with Crippen LogP contribution in [0, 0.1) is 11.8 Å². The number of benzene rings is 3. The number of aromatic nitrogens is 2. The van der Waals surface area contributed by atoms with E-state index in [-0.39, 0.29) is 24.1 Å². The number of carbonyl (C=O) groups is 3. The number of piperidine rings is 4. The van der Waals surface area contributed by atoms with E-state index in [1.165, 1.54) is 58.2 Å². The lowest BCUT2D eigenvalue weighted by Gasteiger charge is -2.38. The van der Waals surface area contributed by atoms with Gasteiger partial charge in [0.05, 0.1) is 6.54 Å². The van der Waals surface area contributed by atoms with Crippen LogP contribution in [0.15, 0.2) is 84.2 Å². The van der Waals surface area contributed by atoms with Gasteiger partial charge in [0.2, 0.25) is 11.8 Å². The van der Waals surface area contributed by atoms with Gasteiger partial charge in [0, 0.05) is 55.8 Å². The second kappa shape index (κ2) is 18.2. The van der Waals surface area contributed by atoms with Gasteiger partial charge in [0.15, 0.2) is 0 Å². The average Bonchev–Trinajstić information content (AvgIpc) is 3.86. The molecule has 4 N–H and O–H groups in total. The molecule has 3 atom stereocenters. The van der Waals surface area contributed by atoms with Crippen molar-refractivity contribution in [1.82, 2.24) is 30.0 Å². The second-order valence-corrected chi connectivity index (χ2v) is 18.5. The maximum atomic E-state index is 13.2. The Morgan fingerprint density at radius 3 is 2.38 bits per heavy atom. The Morgan fingerprint density at radius 1 is 0.810 bits per heavy atom. The molecule has 0 saturated carbocycles. The smallest absolute Gasteiger partial charge is 0.267 e. The van der Waals surface area contributed by atoms with Crippen LogP contribution in [0.4, 0.5) is 17.3 Å². The highest BCUT2D eigenvalue weighted by Crippen LogP contribution is 2.34. The number of anilines is 2. The van der Waals surface area contributed by atoms with E-state index in [4.69, 9.17) is 20.6 Å². The molecule has 14 nitrogen and oxygen atoms in total. The topological polar surface area (TPSA) is 154 Å². The molecule has 14 heteroatoms. The zero-order valence-corrected chi connectivity index (χ0v) is 36.1. The number of para-hydroxylation sites is 1. The maximum absolute atomic E-state index is 13.2. The minimum atomic E-state index is -0.580. The van der Waals surface area contributed by atoms with Gasteiger partial charge in [-0.2, -0.15) is 9.99 Å². The quantitative estimate of drug-likeness (QED) is 0.170. The molecule has 6 aliphatic rings. The molecule has 0 spiro atoms. The molecule has 4 aromatic rings. The summed E-state index contributed by atoms with van der Waals surface area (Å²) in [6, 6.07) is 23.7. The number of nitrogens with zero attached hydrogens (tertiary/aromatic N) is 7. The van der Waals surface area contributed by atoms with Crippen LogP contribution in [-0.2, 0) is 16.1 Å². The Balaban J connectivity index is 0.662. The summed E-state index contributed by atoms with van der Waals surface area (Å²) >= 11 is 0. The molecule has 0 bridgehead atoms. The van der Waals surface area contributed by atoms with Crippen molar-refractivity contribution in [2.45, 2.75) is 82.8 Å². The fourth-order valence-electron chi connectivity index (χ4n) is 10.9. The van der Waals surface area contributed by atoms with Crippen molar-refractivity contribution >= 4 is 40.8 Å². The molecule has 6 aliphatic heterocycles. The maximum Gasteiger partial charge on any atom is 0.267 e. The number of nitrogen functional groups attached to an aromatic ring is 1. The number of rotatable bonds is 12. The largest absolute Gasteiger partial charge is 0.457 e. The highest BCUT2D eigenvalue weighted by atomic mass is 16.5. The van der Waals surface area contributed by atoms with Gasteiger partial charge in [-0.05, 0) is 150 Å². The molecular weight excluding hydrogens is 793 g/mol. The number of fused-ring (bicyclic) bond motifs is 2. The van der Waals surface area contributed by atoms with E-state index in [2.05, 4.69) is 37.1 Å². The van der Waals surface area contributed by atoms with Crippen LogP contribution in [-0.4, -0.2) is 113 Å². The van der Waals surface area contributed by atoms with E-state index < -0.39 is 6.04 Å². The zero-order chi connectivity index (χ0) is 42.9. The minimum absolute atomic E-state index is 0.114. The van der Waals surface area contributed by atoms with Gasteiger partial charge in [0.25, 0.3) is 11.7 Å². The molecule has 7 heterocycles. The molecule has 3 aromatic carbocycles. The molecule has 3 amide bonds. The molecule has 0 radical (unpaired) electrons. The zero-order valence-electron chi connectivity index (χ0n) is 36.1. The van der Waals surface area contributed by atoms with E-state index in [1.807, 2.05) is 60.7 Å². The number of ether oxygens (including phenoxy) is 1. The van der Waals surface area contributed by atoms with Crippen molar-refractivity contribution in [3.8, 4) is 11.5 Å². The van der Waals surface area contributed by atoms with Gasteiger partial charge in [0.1, 0.15) is 47.0 Å². The van der Waals surface area contributed by atoms with Gasteiger partial charge in [-0.15, -0.1) is 0 Å². The van der Waals surface area contributed by atoms with E-state index in [9.17, 15) is 14.4 Å². The highest BCUT2D eigenvalue weighted by Gasteiger charge is 2.42. The van der Waals surface area contributed by atoms with Crippen LogP contribution >= 0.6 is 0 Å². The Bertz CT molecular complexity index is 2340. The van der Waals surface area contributed by atoms with E-state index in [0.717, 1.165) is 108 Å². The number of nitrogens with two attached hydrogens (primary N) is 1. The lowest BCUT2D eigenvalue weighted by molar-refractivity contribution is -0.868. The summed E-state index contributed by atoms with van der Waals surface area (Å²) in [5, 5.41) is 8.71. The lowest BCUT2D eigenvalue weighted by Crippen LogP contribution is -3.07. The summed E-state index contributed by atoms with van der Waals surface area (Å²) in [4.78, 5) is 55.9. The van der Waals surface area contributed by atoms with E-state index in [0.29, 0.717) is 30.4 Å². The standard InChI is InChI=1S/C49H58N10O4/c50-46-44-45(35-10-13-40(14-11-35)63-39-8-2-1-3-9-39)54-59(47(44)52-32-51-46)38-7-5-23-56(31-38)29-34-18-24-55(25-19-34)22-4-6-33-20-26-57(27-21-33)37-12-15-41-36(28-37)30-58(49(41)62)42-16-17-43(60)53-48(42)61/h1-3,8-15,28,32-34,38,42H,4-7,16-27,29-31H2,(H2,50,51,52)(H,53,60,61)/p+1. The predicted molar refractivity (Wildman–Crippen MR) is 241 cm³/mol. The first-order chi connectivity index (χ1) is 30.8. The number of nitrogens with one attached hydrogen (secondary N) is 2. The number of hydrogen-bond donors (Lipinski definition) is 3. The number of hydrogen-bond acceptors (Lipinski definition) is 11. The van der Waals surface area contributed by atoms with Gasteiger partial charge in [-0.1, -0.05) is 23.3 Å². The van der Waals surface area contributed by atoms with Crippen molar-refractivity contribution in [2.75, 3.05) is 63.0 Å². The Hall–Kier alpha value is -5.70. The van der Waals surface area contributed by atoms with Crippen molar-refractivity contribution in [3.63, 3.8) is 0 Å². The average molecular weight is 852 g/mol. The van der Waals surface area contributed by atoms with Crippen LogP contribution in [0.5, 0.6) is 11.5 Å². The summed E-state index contributed by atoms with van der Waals surface area (Å²) < 4.78 is 6.05. The van der Waals surface area contributed by atoms with Gasteiger partial charge in [-0.25, -0.2) is 4.98 Å². The summed E-state index contributed by atoms with van der Waals surface area (Å²) in [5.74, 6) is 3.65. The fourth-order valence-corrected chi connectivity index (χ4v) is 10.9. The molecule has 0 aliphatic carbocycles. The van der Waals surface area contributed by atoms with Gasteiger partial charge in [-0.3, -0.25) is 24.6 Å². The number of quaternary nitrogens is 1. The number of imide groups is 1. The predicted octanol–water partition coefficient (Wildman–Crippen LogP) is 4.77. The van der Waals surface area contributed by atoms with E-state index >= 15 is 0 Å². The van der Waals surface area contributed by atoms with Crippen molar-refractivity contribution in [2.24, 2.45) is 16.9 Å². The Labute approximate surface area is 369 Å². The van der Waals surface area contributed by atoms with Gasteiger partial charge >= 0.3 is 0 Å². The molecule has 328 valence electrons. The normalized spacial score (nSPS) is 23.7. The molecular formula is C49H59N10O4+. The summed E-state index contributed by atoms with van der Waals surface area (Å²) in [6.07, 6.45) is 11.9. The van der Waals surface area contributed by atoms with Crippen LogP contribution in [0.3, 0.4) is 0 Å². The monoisotopic (exact) mass is 851 g/mol. The van der Waals surface area contributed by atoms with Crippen LogP contribution in [0.1, 0.15) is 91.3 Å². The number of amides is 3. The molecule has 63 heavy (non-hydrogen) atoms. The van der Waals surface area contributed by atoms with Crippen LogP contribution < -0.4 is 25.7 Å². The van der Waals surface area contributed by atoms with Crippen LogP contribution in [0.2, 0.25) is 0 Å². The van der Waals surface area contributed by atoms with E-state index in [1.54, 1.807) is 11.2 Å². The summed E-state index contributed by atoms with van der Waals surface area (Å²) in [5.41, 5.74) is 12.0. The Morgan fingerprint density at radius 2 is 1.59 bits per heavy atom. The summed E-state index contributed by atoms with van der Waals surface area (Å²) in [7, 11) is 0. The fraction of sp³-hybridized carbons (Fsp3) is 0.469. The third-order valence-electron chi connectivity index (χ3n) is 14.4. The third kappa shape index (κ3) is 8.94. The number of carbonyl (C=O) groups excluding carboxylic acids is 3. The molecule has 10 rings (SSSR count). The first-order valence-electron chi connectivity index (χ1n) is 23.2. The highest BCUT2D eigenvalue weighted by molar-refractivity contribution is 6.18. The second-order valence-electron chi connectivity index (χ2n) is 18.5. The lowest BCUT2D eigenvalue weighted by atomic mass is 9.91. The molecule has 4 fully saturated rings. The number of likely N-dealkylation sites (tertiary alicyclic amines) is 2. The molecule has 4 saturated heterocycles. The summed E-state index contributed by atoms with van der Waals surface area (Å²) in [6.45, 7) is 9.30.